The van der Waals surface area contributed by atoms with Gasteiger partial charge in [0.2, 0.25) is 0 Å². The van der Waals surface area contributed by atoms with E-state index < -0.39 is 34.8 Å². The van der Waals surface area contributed by atoms with Crippen LogP contribution in [-0.4, -0.2) is 109 Å². The third-order valence-corrected chi connectivity index (χ3v) is 15.7. The summed E-state index contributed by atoms with van der Waals surface area (Å²) in [6.45, 7) is 7.25. The van der Waals surface area contributed by atoms with Gasteiger partial charge in [-0.1, -0.05) is 48.8 Å². The molecule has 2 spiro atoms. The van der Waals surface area contributed by atoms with Crippen molar-refractivity contribution in [1.29, 1.82) is 0 Å². The van der Waals surface area contributed by atoms with Crippen molar-refractivity contribution < 1.29 is 57.1 Å². The summed E-state index contributed by atoms with van der Waals surface area (Å²) in [5.41, 5.74) is -0.699. The number of carbonyl (C=O) groups excluding carboxylic acids is 4. The Kier molecular flexibility index (Phi) is 9.31. The van der Waals surface area contributed by atoms with Crippen molar-refractivity contribution in [3.63, 3.8) is 0 Å². The van der Waals surface area contributed by atoms with Crippen LogP contribution < -0.4 is 0 Å². The van der Waals surface area contributed by atoms with Crippen molar-refractivity contribution in [2.75, 3.05) is 38.8 Å². The van der Waals surface area contributed by atoms with E-state index in [1.807, 2.05) is 21.6 Å². The lowest BCUT2D eigenvalue weighted by Gasteiger charge is -2.53. The molecular weight excluding hydrogens is 689 g/mol. The molecule has 50 heavy (non-hydrogen) atoms. The van der Waals surface area contributed by atoms with Gasteiger partial charge in [0.05, 0.1) is 32.2 Å². The fraction of sp³-hybridized carbons (Fsp3) is 0.833. The SMILES string of the molecule is CC(C)[C@]12O[C@H]1[C@@H]1O[C@]13[C@]1(O[C@H]1C[C@H]1C4=C(CC[C@@]13C)C(=O)OC4)[C@@H]2OC(=O)CCC(=O)OCCOCCOC(=O)CCCCC1CCSS1. The fourth-order valence-corrected chi connectivity index (χ4v) is 13.1. The number of ether oxygens (including phenoxy) is 8. The van der Waals surface area contributed by atoms with Crippen LogP contribution in [0.4, 0.5) is 0 Å². The molecule has 8 aliphatic rings. The maximum Gasteiger partial charge on any atom is 0.334 e. The Bertz CT molecular complexity index is 1450. The van der Waals surface area contributed by atoms with Gasteiger partial charge in [-0.05, 0) is 55.9 Å². The third-order valence-electron chi connectivity index (χ3n) is 12.7. The van der Waals surface area contributed by atoms with Crippen LogP contribution in [-0.2, 0) is 57.1 Å². The molecule has 0 amide bonds. The van der Waals surface area contributed by atoms with E-state index in [2.05, 4.69) is 20.8 Å². The number of esters is 4. The minimum atomic E-state index is -0.836. The highest BCUT2D eigenvalue weighted by molar-refractivity contribution is 8.77. The van der Waals surface area contributed by atoms with Crippen LogP contribution in [0.1, 0.15) is 85.0 Å². The molecule has 0 radical (unpaired) electrons. The van der Waals surface area contributed by atoms with Gasteiger partial charge in [0, 0.05) is 28.4 Å². The number of cyclic esters (lactones) is 1. The maximum absolute atomic E-state index is 13.4. The molecule has 0 N–H and O–H groups in total. The molecule has 0 aromatic rings. The number of hydrogen-bond acceptors (Lipinski definition) is 14. The zero-order chi connectivity index (χ0) is 34.9. The van der Waals surface area contributed by atoms with Crippen LogP contribution in [0.5, 0.6) is 0 Å². The van der Waals surface area contributed by atoms with Gasteiger partial charge in [-0.2, -0.15) is 0 Å². The number of carbonyl (C=O) groups is 4. The summed E-state index contributed by atoms with van der Waals surface area (Å²) in [5, 5.41) is 0.720. The normalized spacial score (nSPS) is 41.2. The molecule has 5 heterocycles. The minimum absolute atomic E-state index is 0.0301. The van der Waals surface area contributed by atoms with Crippen LogP contribution in [0.15, 0.2) is 11.1 Å². The molecule has 4 saturated heterocycles. The highest BCUT2D eigenvalue weighted by Gasteiger charge is 3.01. The van der Waals surface area contributed by atoms with Gasteiger partial charge in [-0.25, -0.2) is 4.79 Å². The van der Waals surface area contributed by atoms with E-state index in [-0.39, 0.29) is 86.8 Å². The van der Waals surface area contributed by atoms with Crippen molar-refractivity contribution >= 4 is 45.5 Å². The largest absolute Gasteiger partial charge is 0.463 e. The Morgan fingerprint density at radius 2 is 1.70 bits per heavy atom. The lowest BCUT2D eigenvalue weighted by atomic mass is 9.46. The van der Waals surface area contributed by atoms with E-state index in [9.17, 15) is 19.2 Å². The Morgan fingerprint density at radius 1 is 0.940 bits per heavy atom. The van der Waals surface area contributed by atoms with Crippen LogP contribution in [0.25, 0.3) is 0 Å². The first-order chi connectivity index (χ1) is 24.1. The predicted octanol–water partition coefficient (Wildman–Crippen LogP) is 4.25. The number of rotatable bonds is 16. The van der Waals surface area contributed by atoms with E-state index in [0.29, 0.717) is 25.9 Å². The second-order valence-electron chi connectivity index (χ2n) is 15.5. The van der Waals surface area contributed by atoms with Crippen molar-refractivity contribution in [1.82, 2.24) is 0 Å². The van der Waals surface area contributed by atoms with E-state index in [1.165, 1.54) is 12.2 Å². The first kappa shape index (κ1) is 35.2. The monoisotopic (exact) mass is 736 g/mol. The van der Waals surface area contributed by atoms with Crippen LogP contribution in [0.3, 0.4) is 0 Å². The van der Waals surface area contributed by atoms with Crippen molar-refractivity contribution in [2.45, 2.75) is 131 Å². The molecule has 5 aliphatic heterocycles. The molecule has 8 rings (SSSR count). The third kappa shape index (κ3) is 5.47. The predicted molar refractivity (Wildman–Crippen MR) is 180 cm³/mol. The number of hydrogen-bond donors (Lipinski definition) is 0. The molecule has 10 atom stereocenters. The molecule has 2 saturated carbocycles. The van der Waals surface area contributed by atoms with Gasteiger partial charge in [-0.15, -0.1) is 0 Å². The summed E-state index contributed by atoms with van der Waals surface area (Å²) in [4.78, 5) is 50.2. The summed E-state index contributed by atoms with van der Waals surface area (Å²) in [6, 6.07) is 0. The highest BCUT2D eigenvalue weighted by atomic mass is 33.1. The lowest BCUT2D eigenvalue weighted by molar-refractivity contribution is -0.170. The smallest absolute Gasteiger partial charge is 0.334 e. The summed E-state index contributed by atoms with van der Waals surface area (Å²) in [5.74, 6) is -0.121. The average molecular weight is 737 g/mol. The van der Waals surface area contributed by atoms with Crippen molar-refractivity contribution in [3.8, 4) is 0 Å². The molecule has 6 fully saturated rings. The summed E-state index contributed by atoms with van der Waals surface area (Å²) >= 11 is 0. The molecule has 3 aliphatic carbocycles. The Balaban J connectivity index is 0.785. The van der Waals surface area contributed by atoms with Gasteiger partial charge in [0.25, 0.3) is 0 Å². The van der Waals surface area contributed by atoms with E-state index in [4.69, 9.17) is 37.9 Å². The standard InChI is InChI=1S/C36H48O12S2/c1-20(2)34-29(47-34)30-36(48-30)33(3)12-10-22-23(19-44-31(22)40)24(33)18-25-35(36,46-25)32(34)45-28(39)9-8-27(38)43-16-14-41-13-15-42-26(37)7-5-4-6-21-11-17-49-50-21/h20-21,24-25,29-30,32H,4-19H2,1-3H3/t21?,24-,25-,29-,30-,32+,33-,34-,35+,36+/m0/s1. The molecule has 0 bridgehead atoms. The second-order valence-corrected chi connectivity index (χ2v) is 18.3. The van der Waals surface area contributed by atoms with Gasteiger partial charge < -0.3 is 37.9 Å². The average Bonchev–Trinajstić information content (AvgIpc) is 4.03. The zero-order valence-electron chi connectivity index (χ0n) is 29.1. The van der Waals surface area contributed by atoms with Crippen LogP contribution >= 0.6 is 21.6 Å². The Labute approximate surface area is 300 Å². The molecule has 0 aromatic heterocycles. The molecule has 276 valence electrons. The Hall–Kier alpha value is -1.84. The minimum Gasteiger partial charge on any atom is -0.463 e. The van der Waals surface area contributed by atoms with E-state index >= 15 is 0 Å². The van der Waals surface area contributed by atoms with Gasteiger partial charge in [-0.3, -0.25) is 14.4 Å². The number of epoxide rings is 3. The number of fused-ring (bicyclic) bond motifs is 4. The quantitative estimate of drug-likeness (QED) is 0.0730. The molecular formula is C36H48O12S2. The maximum atomic E-state index is 13.4. The fourth-order valence-electron chi connectivity index (χ4n) is 10.1. The lowest BCUT2D eigenvalue weighted by Crippen LogP contribution is -2.70. The second kappa shape index (κ2) is 13.2. The summed E-state index contributed by atoms with van der Waals surface area (Å²) in [6.07, 6.45) is 5.23. The first-order valence-electron chi connectivity index (χ1n) is 18.4. The zero-order valence-corrected chi connectivity index (χ0v) is 30.7. The highest BCUT2D eigenvalue weighted by Crippen LogP contribution is 2.83. The molecule has 14 heteroatoms. The van der Waals surface area contributed by atoms with Gasteiger partial charge >= 0.3 is 23.9 Å². The summed E-state index contributed by atoms with van der Waals surface area (Å²) in [7, 11) is 3.89. The van der Waals surface area contributed by atoms with E-state index in [0.717, 1.165) is 42.1 Å². The van der Waals surface area contributed by atoms with Crippen LogP contribution in [0.2, 0.25) is 0 Å². The topological polar surface area (TPSA) is 152 Å². The van der Waals surface area contributed by atoms with Crippen molar-refractivity contribution in [3.05, 3.63) is 11.1 Å². The van der Waals surface area contributed by atoms with Crippen LogP contribution in [0, 0.1) is 17.3 Å². The first-order valence-corrected chi connectivity index (χ1v) is 20.8. The molecule has 0 aromatic carbocycles. The van der Waals surface area contributed by atoms with Gasteiger partial charge in [0.15, 0.2) is 11.7 Å². The number of unbranched alkanes of at least 4 members (excludes halogenated alkanes) is 1. The summed E-state index contributed by atoms with van der Waals surface area (Å²) < 4.78 is 47.5. The van der Waals surface area contributed by atoms with E-state index in [1.54, 1.807) is 0 Å². The molecule has 12 nitrogen and oxygen atoms in total. The van der Waals surface area contributed by atoms with Crippen molar-refractivity contribution in [2.24, 2.45) is 17.3 Å². The van der Waals surface area contributed by atoms with Gasteiger partial charge in [0.1, 0.15) is 43.2 Å². The molecule has 1 unspecified atom stereocenters. The Morgan fingerprint density at radius 3 is 2.44 bits per heavy atom.